The van der Waals surface area contributed by atoms with E-state index < -0.39 is 6.04 Å². The van der Waals surface area contributed by atoms with Crippen molar-refractivity contribution in [1.29, 1.82) is 0 Å². The zero-order valence-electron chi connectivity index (χ0n) is 8.82. The Morgan fingerprint density at radius 3 is 2.59 bits per heavy atom. The van der Waals surface area contributed by atoms with E-state index in [4.69, 9.17) is 10.8 Å². The number of fused-ring (bicyclic) bond motifs is 1. The Morgan fingerprint density at radius 1 is 1.24 bits per heavy atom. The number of nitrogens with two attached hydrogens (primary N) is 1. The van der Waals surface area contributed by atoms with Crippen LogP contribution in [-0.2, 0) is 0 Å². The van der Waals surface area contributed by atoms with Crippen LogP contribution in [0.3, 0.4) is 0 Å². The first-order chi connectivity index (χ1) is 8.04. The van der Waals surface area contributed by atoms with Gasteiger partial charge in [-0.1, -0.05) is 22.0 Å². The van der Waals surface area contributed by atoms with E-state index in [2.05, 4.69) is 31.9 Å². The van der Waals surface area contributed by atoms with E-state index in [9.17, 15) is 5.11 Å². The predicted molar refractivity (Wildman–Crippen MR) is 75.0 cm³/mol. The highest BCUT2D eigenvalue weighted by atomic mass is 79.9. The number of aliphatic hydroxyl groups excluding tert-OH is 1. The molecule has 4 N–H and O–H groups in total. The Labute approximate surface area is 116 Å². The van der Waals surface area contributed by atoms with Crippen LogP contribution in [0.15, 0.2) is 33.2 Å². The molecule has 2 aromatic rings. The number of benzene rings is 2. The zero-order chi connectivity index (χ0) is 12.6. The average Bonchev–Trinajstić information content (AvgIpc) is 2.32. The Bertz CT molecular complexity index is 572. The second-order valence-electron chi connectivity index (χ2n) is 3.78. The number of aliphatic hydroxyl groups is 1. The summed E-state index contributed by atoms with van der Waals surface area (Å²) in [5.41, 5.74) is 6.28. The maximum Gasteiger partial charge on any atom is 0.135 e. The summed E-state index contributed by atoms with van der Waals surface area (Å²) in [5, 5.41) is 20.9. The number of hydrogen-bond donors (Lipinski definition) is 3. The maximum atomic E-state index is 10.0. The van der Waals surface area contributed by atoms with Gasteiger partial charge in [-0.15, -0.1) is 0 Å². The van der Waals surface area contributed by atoms with E-state index in [-0.39, 0.29) is 12.4 Å². The quantitative estimate of drug-likeness (QED) is 0.771. The Morgan fingerprint density at radius 2 is 1.94 bits per heavy atom. The van der Waals surface area contributed by atoms with Gasteiger partial charge in [0.25, 0.3) is 0 Å². The fourth-order valence-electron chi connectivity index (χ4n) is 1.72. The lowest BCUT2D eigenvalue weighted by Gasteiger charge is -2.14. The van der Waals surface area contributed by atoms with Crippen molar-refractivity contribution in [3.05, 3.63) is 38.8 Å². The molecule has 0 saturated carbocycles. The van der Waals surface area contributed by atoms with Gasteiger partial charge < -0.3 is 15.9 Å². The normalized spacial score (nSPS) is 12.9. The molecule has 0 unspecified atom stereocenters. The standard InChI is InChI=1S/C12H11Br2NO2/c13-7-1-2-8-6(3-7)4-9(10(15)5-16)12(17)11(8)14/h1-4,10,16-17H,5,15H2/t10-/m0/s1. The molecule has 0 heterocycles. The minimum Gasteiger partial charge on any atom is -0.506 e. The fourth-order valence-corrected chi connectivity index (χ4v) is 2.69. The second-order valence-corrected chi connectivity index (χ2v) is 5.49. The molecule has 0 aliphatic heterocycles. The molecule has 5 heteroatoms. The molecular formula is C12H11Br2NO2. The van der Waals surface area contributed by atoms with Crippen LogP contribution in [0.1, 0.15) is 11.6 Å². The van der Waals surface area contributed by atoms with Gasteiger partial charge >= 0.3 is 0 Å². The number of phenols is 1. The second kappa shape index (κ2) is 4.94. The first-order valence-corrected chi connectivity index (χ1v) is 6.60. The number of halogens is 2. The molecule has 3 nitrogen and oxygen atoms in total. The van der Waals surface area contributed by atoms with Crippen molar-refractivity contribution in [1.82, 2.24) is 0 Å². The summed E-state index contributed by atoms with van der Waals surface area (Å²) < 4.78 is 1.55. The third-order valence-electron chi connectivity index (χ3n) is 2.64. The lowest BCUT2D eigenvalue weighted by Crippen LogP contribution is -2.14. The van der Waals surface area contributed by atoms with Gasteiger partial charge in [0.15, 0.2) is 0 Å². The van der Waals surface area contributed by atoms with E-state index in [1.807, 2.05) is 18.2 Å². The third kappa shape index (κ3) is 2.33. The first-order valence-electron chi connectivity index (χ1n) is 5.01. The molecule has 0 saturated heterocycles. The number of hydrogen-bond acceptors (Lipinski definition) is 3. The summed E-state index contributed by atoms with van der Waals surface area (Å²) in [7, 11) is 0. The molecule has 17 heavy (non-hydrogen) atoms. The number of aromatic hydroxyl groups is 1. The summed E-state index contributed by atoms with van der Waals surface area (Å²) in [6.07, 6.45) is 0. The maximum absolute atomic E-state index is 10.0. The topological polar surface area (TPSA) is 66.5 Å². The van der Waals surface area contributed by atoms with E-state index in [0.717, 1.165) is 15.2 Å². The van der Waals surface area contributed by atoms with Crippen LogP contribution in [0.25, 0.3) is 10.8 Å². The van der Waals surface area contributed by atoms with E-state index >= 15 is 0 Å². The molecular weight excluding hydrogens is 350 g/mol. The molecule has 1 atom stereocenters. The van der Waals surface area contributed by atoms with Crippen molar-refractivity contribution in [2.24, 2.45) is 5.73 Å². The molecule has 2 rings (SSSR count). The van der Waals surface area contributed by atoms with Crippen LogP contribution in [-0.4, -0.2) is 16.8 Å². The number of phenolic OH excluding ortho intramolecular Hbond substituents is 1. The van der Waals surface area contributed by atoms with Gasteiger partial charge in [-0.05, 0) is 44.9 Å². The van der Waals surface area contributed by atoms with Crippen molar-refractivity contribution in [2.75, 3.05) is 6.61 Å². The van der Waals surface area contributed by atoms with Crippen LogP contribution >= 0.6 is 31.9 Å². The van der Waals surface area contributed by atoms with Crippen molar-refractivity contribution in [3.8, 4) is 5.75 Å². The average molecular weight is 361 g/mol. The Hall–Kier alpha value is -0.620. The lowest BCUT2D eigenvalue weighted by atomic mass is 10.0. The van der Waals surface area contributed by atoms with E-state index in [1.165, 1.54) is 0 Å². The minimum absolute atomic E-state index is 0.0846. The van der Waals surface area contributed by atoms with Crippen LogP contribution in [0, 0.1) is 0 Å². The summed E-state index contributed by atoms with van der Waals surface area (Å²) in [6, 6.07) is 6.94. The Kier molecular flexibility index (Phi) is 3.73. The highest BCUT2D eigenvalue weighted by molar-refractivity contribution is 9.11. The molecule has 0 aliphatic carbocycles. The van der Waals surface area contributed by atoms with Crippen LogP contribution < -0.4 is 5.73 Å². The third-order valence-corrected chi connectivity index (χ3v) is 3.93. The molecule has 0 aliphatic rings. The SMILES string of the molecule is N[C@@H](CO)c1cc2cc(Br)ccc2c(Br)c1O. The van der Waals surface area contributed by atoms with Gasteiger partial charge in [-0.2, -0.15) is 0 Å². The zero-order valence-corrected chi connectivity index (χ0v) is 12.0. The van der Waals surface area contributed by atoms with Crippen LogP contribution in [0.5, 0.6) is 5.75 Å². The lowest BCUT2D eigenvalue weighted by molar-refractivity contribution is 0.265. The molecule has 0 amide bonds. The van der Waals surface area contributed by atoms with Gasteiger partial charge in [0.05, 0.1) is 17.1 Å². The van der Waals surface area contributed by atoms with Crippen molar-refractivity contribution in [2.45, 2.75) is 6.04 Å². The summed E-state index contributed by atoms with van der Waals surface area (Å²) in [6.45, 7) is -0.209. The van der Waals surface area contributed by atoms with Gasteiger partial charge in [0, 0.05) is 10.0 Å². The molecule has 0 spiro atoms. The van der Waals surface area contributed by atoms with E-state index in [1.54, 1.807) is 6.07 Å². The largest absolute Gasteiger partial charge is 0.506 e. The first kappa shape index (κ1) is 12.8. The van der Waals surface area contributed by atoms with Crippen molar-refractivity contribution >= 4 is 42.6 Å². The van der Waals surface area contributed by atoms with Crippen molar-refractivity contribution < 1.29 is 10.2 Å². The molecule has 0 fully saturated rings. The predicted octanol–water partition coefficient (Wildman–Crippen LogP) is 3.06. The van der Waals surface area contributed by atoms with Gasteiger partial charge in [0.2, 0.25) is 0 Å². The smallest absolute Gasteiger partial charge is 0.135 e. The van der Waals surface area contributed by atoms with Gasteiger partial charge in [-0.25, -0.2) is 0 Å². The minimum atomic E-state index is -0.588. The van der Waals surface area contributed by atoms with Crippen molar-refractivity contribution in [3.63, 3.8) is 0 Å². The number of rotatable bonds is 2. The molecule has 0 aromatic heterocycles. The fraction of sp³-hybridized carbons (Fsp3) is 0.167. The summed E-state index contributed by atoms with van der Waals surface area (Å²) in [4.78, 5) is 0. The highest BCUT2D eigenvalue weighted by Gasteiger charge is 2.15. The van der Waals surface area contributed by atoms with Crippen LogP contribution in [0.4, 0.5) is 0 Å². The van der Waals surface area contributed by atoms with Gasteiger partial charge in [0.1, 0.15) is 5.75 Å². The Balaban J connectivity index is 2.75. The van der Waals surface area contributed by atoms with Gasteiger partial charge in [-0.3, -0.25) is 0 Å². The summed E-state index contributed by atoms with van der Waals surface area (Å²) >= 11 is 6.75. The molecule has 2 aromatic carbocycles. The monoisotopic (exact) mass is 359 g/mol. The molecule has 90 valence electrons. The molecule has 0 radical (unpaired) electrons. The van der Waals surface area contributed by atoms with E-state index in [0.29, 0.717) is 10.0 Å². The van der Waals surface area contributed by atoms with Crippen LogP contribution in [0.2, 0.25) is 0 Å². The summed E-state index contributed by atoms with van der Waals surface area (Å²) in [5.74, 6) is 0.0846. The molecule has 0 bridgehead atoms. The highest BCUT2D eigenvalue weighted by Crippen LogP contribution is 2.38.